The molecular formula is C20H19FN7O4+. The Kier molecular flexibility index (Phi) is 4.39. The highest BCUT2D eigenvalue weighted by molar-refractivity contribution is 6.21. The summed E-state index contributed by atoms with van der Waals surface area (Å²) in [4.78, 5) is 63.0. The van der Waals surface area contributed by atoms with Gasteiger partial charge in [0.15, 0.2) is 6.54 Å². The molecule has 1 unspecified atom stereocenters. The molecule has 32 heavy (non-hydrogen) atoms. The van der Waals surface area contributed by atoms with E-state index in [1.54, 1.807) is 0 Å². The average molecular weight is 440 g/mol. The van der Waals surface area contributed by atoms with E-state index in [1.165, 1.54) is 46.9 Å². The molecule has 3 aliphatic heterocycles. The second-order valence-electron chi connectivity index (χ2n) is 7.90. The van der Waals surface area contributed by atoms with Crippen molar-refractivity contribution >= 4 is 35.7 Å². The fourth-order valence-electron chi connectivity index (χ4n) is 4.21. The second kappa shape index (κ2) is 7.04. The third-order valence-corrected chi connectivity index (χ3v) is 6.00. The minimum Gasteiger partial charge on any atom is -0.334 e. The van der Waals surface area contributed by atoms with Crippen molar-refractivity contribution in [2.45, 2.75) is 19.0 Å². The zero-order valence-corrected chi connectivity index (χ0v) is 17.4. The molecule has 11 nitrogen and oxygen atoms in total. The molecule has 1 fully saturated rings. The largest absolute Gasteiger partial charge is 0.334 e. The number of urea groups is 1. The Bertz CT molecular complexity index is 1330. The first-order chi connectivity index (χ1) is 15.3. The van der Waals surface area contributed by atoms with Crippen LogP contribution in [-0.4, -0.2) is 91.9 Å². The van der Waals surface area contributed by atoms with E-state index in [4.69, 9.17) is 0 Å². The summed E-state index contributed by atoms with van der Waals surface area (Å²) >= 11 is 0. The summed E-state index contributed by atoms with van der Waals surface area (Å²) in [6.45, 7) is 0.248. The summed E-state index contributed by atoms with van der Waals surface area (Å²) in [6.07, 6.45) is 2.84. The molecule has 164 valence electrons. The van der Waals surface area contributed by atoms with E-state index in [1.807, 2.05) is 0 Å². The van der Waals surface area contributed by atoms with E-state index in [0.29, 0.717) is 29.9 Å². The molecule has 0 bridgehead atoms. The van der Waals surface area contributed by atoms with Crippen LogP contribution >= 0.6 is 0 Å². The molecule has 1 saturated heterocycles. The van der Waals surface area contributed by atoms with Gasteiger partial charge in [-0.15, -0.1) is 0 Å². The fraction of sp³-hybridized carbons (Fsp3) is 0.350. The zero-order chi connectivity index (χ0) is 22.7. The van der Waals surface area contributed by atoms with Gasteiger partial charge in [-0.2, -0.15) is 0 Å². The normalized spacial score (nSPS) is 20.3. The monoisotopic (exact) mass is 440 g/mol. The lowest BCUT2D eigenvalue weighted by molar-refractivity contribution is -0.520. The Labute approximate surface area is 180 Å². The van der Waals surface area contributed by atoms with E-state index in [9.17, 15) is 23.6 Å². The van der Waals surface area contributed by atoms with Crippen LogP contribution in [0.25, 0.3) is 5.65 Å². The molecule has 3 aliphatic rings. The molecule has 0 aliphatic carbocycles. The molecule has 12 heteroatoms. The molecule has 1 atom stereocenters. The van der Waals surface area contributed by atoms with Crippen LogP contribution in [0.1, 0.15) is 11.3 Å². The lowest BCUT2D eigenvalue weighted by atomic mass is 10.1. The van der Waals surface area contributed by atoms with E-state index >= 15 is 0 Å². The summed E-state index contributed by atoms with van der Waals surface area (Å²) in [5.74, 6) is -1.06. The van der Waals surface area contributed by atoms with Gasteiger partial charge in [-0.05, 0) is 17.1 Å². The van der Waals surface area contributed by atoms with Crippen molar-refractivity contribution in [2.24, 2.45) is 4.99 Å². The lowest BCUT2D eigenvalue weighted by Crippen LogP contribution is -2.62. The first-order valence-electron chi connectivity index (χ1n) is 9.95. The van der Waals surface area contributed by atoms with Crippen molar-refractivity contribution in [1.82, 2.24) is 24.1 Å². The van der Waals surface area contributed by atoms with Crippen LogP contribution in [-0.2, 0) is 22.6 Å². The minimum atomic E-state index is -0.858. The van der Waals surface area contributed by atoms with Crippen LogP contribution in [0.2, 0.25) is 0 Å². The van der Waals surface area contributed by atoms with Gasteiger partial charge in [-0.3, -0.25) is 28.6 Å². The van der Waals surface area contributed by atoms with Gasteiger partial charge in [0.05, 0.1) is 17.8 Å². The third-order valence-electron chi connectivity index (χ3n) is 6.00. The molecule has 2 aromatic rings. The molecule has 2 aromatic heterocycles. The van der Waals surface area contributed by atoms with Crippen molar-refractivity contribution in [1.29, 1.82) is 0 Å². The fourth-order valence-corrected chi connectivity index (χ4v) is 4.21. The Morgan fingerprint density at radius 3 is 2.78 bits per heavy atom. The maximum atomic E-state index is 13.6. The minimum absolute atomic E-state index is 0.0396. The number of aromatic nitrogens is 2. The number of amidine groups is 1. The van der Waals surface area contributed by atoms with Crippen LogP contribution < -0.4 is 5.56 Å². The van der Waals surface area contributed by atoms with Gasteiger partial charge >= 0.3 is 6.03 Å². The van der Waals surface area contributed by atoms with Crippen LogP contribution in [0.3, 0.4) is 0 Å². The van der Waals surface area contributed by atoms with Gasteiger partial charge in [0.25, 0.3) is 35.6 Å². The Morgan fingerprint density at radius 2 is 2.00 bits per heavy atom. The highest BCUT2D eigenvalue weighted by Gasteiger charge is 2.51. The SMILES string of the molecule is CN1C(=O)C2C(=NC=[N+]2CC(=O)N2CCc3nc4ccc(F)cn4c(=O)c3C2)N(C)C1=O. The maximum Gasteiger partial charge on any atom is 0.333 e. The summed E-state index contributed by atoms with van der Waals surface area (Å²) in [7, 11) is 2.90. The van der Waals surface area contributed by atoms with Crippen LogP contribution in [0.4, 0.5) is 9.18 Å². The van der Waals surface area contributed by atoms with Crippen LogP contribution in [0.5, 0.6) is 0 Å². The quantitative estimate of drug-likeness (QED) is 0.560. The summed E-state index contributed by atoms with van der Waals surface area (Å²) in [6, 6.07) is 1.33. The number of carbonyl (C=O) groups excluding carboxylic acids is 3. The zero-order valence-electron chi connectivity index (χ0n) is 17.4. The number of amides is 4. The van der Waals surface area contributed by atoms with E-state index in [0.717, 1.165) is 15.5 Å². The number of aliphatic imine (C=N–C) groups is 1. The molecule has 5 rings (SSSR count). The van der Waals surface area contributed by atoms with Gasteiger partial charge in [0.2, 0.25) is 0 Å². The molecule has 0 N–H and O–H groups in total. The van der Waals surface area contributed by atoms with Crippen LogP contribution in [0.15, 0.2) is 28.1 Å². The molecule has 0 radical (unpaired) electrons. The van der Waals surface area contributed by atoms with Gasteiger partial charge < -0.3 is 4.90 Å². The smallest absolute Gasteiger partial charge is 0.333 e. The van der Waals surface area contributed by atoms with Crippen LogP contribution in [0, 0.1) is 5.82 Å². The van der Waals surface area contributed by atoms with Gasteiger partial charge in [0.1, 0.15) is 11.5 Å². The topological polar surface area (TPSA) is 111 Å². The van der Waals surface area contributed by atoms with Crippen molar-refractivity contribution in [3.63, 3.8) is 0 Å². The standard InChI is InChI=1S/C20H19FN7O4/c1-24-17-16(19(31)25(2)20(24)32)27(10-22-17)9-15(29)26-6-5-13-12(8-26)18(30)28-7-11(21)3-4-14(28)23-13/h3-4,7,10,16H,5-6,8-9H2,1-2H3/q+1. The molecule has 0 saturated carbocycles. The lowest BCUT2D eigenvalue weighted by Gasteiger charge is -2.31. The van der Waals surface area contributed by atoms with Crippen molar-refractivity contribution in [3.05, 3.63) is 45.8 Å². The second-order valence-corrected chi connectivity index (χ2v) is 7.90. The maximum absolute atomic E-state index is 13.6. The average Bonchev–Trinajstić information content (AvgIpc) is 3.20. The Balaban J connectivity index is 1.37. The number of rotatable bonds is 2. The predicted molar refractivity (Wildman–Crippen MR) is 109 cm³/mol. The molecular weight excluding hydrogens is 421 g/mol. The summed E-state index contributed by atoms with van der Waals surface area (Å²) in [5.41, 5.74) is 0.872. The predicted octanol–water partition coefficient (Wildman–Crippen LogP) is -0.936. The number of pyridine rings is 1. The van der Waals surface area contributed by atoms with Gasteiger partial charge in [-0.25, -0.2) is 18.7 Å². The first kappa shape index (κ1) is 20.0. The van der Waals surface area contributed by atoms with Crippen molar-refractivity contribution in [3.8, 4) is 0 Å². The number of hydrogen-bond acceptors (Lipinski definition) is 6. The van der Waals surface area contributed by atoms with Gasteiger partial charge in [-0.1, -0.05) is 0 Å². The third kappa shape index (κ3) is 2.90. The molecule has 0 aromatic carbocycles. The molecule has 5 heterocycles. The number of carbonyl (C=O) groups is 3. The Morgan fingerprint density at radius 1 is 1.22 bits per heavy atom. The van der Waals surface area contributed by atoms with E-state index < -0.39 is 29.4 Å². The molecule has 0 spiro atoms. The highest BCUT2D eigenvalue weighted by Crippen LogP contribution is 2.19. The van der Waals surface area contributed by atoms with Crippen molar-refractivity contribution in [2.75, 3.05) is 27.2 Å². The first-order valence-corrected chi connectivity index (χ1v) is 9.95. The van der Waals surface area contributed by atoms with Crippen molar-refractivity contribution < 1.29 is 23.3 Å². The van der Waals surface area contributed by atoms with Gasteiger partial charge in [0, 0.05) is 33.3 Å². The number of fused-ring (bicyclic) bond motifs is 3. The highest BCUT2D eigenvalue weighted by atomic mass is 19.1. The Hall–Kier alpha value is -3.96. The van der Waals surface area contributed by atoms with E-state index in [-0.39, 0.29) is 24.8 Å². The number of halogens is 1. The number of likely N-dealkylation sites (N-methyl/N-ethyl adjacent to an activating group) is 2. The number of nitrogens with zero attached hydrogens (tertiary/aromatic N) is 7. The van der Waals surface area contributed by atoms with E-state index in [2.05, 4.69) is 9.98 Å². The number of hydrogen-bond donors (Lipinski definition) is 0. The summed E-state index contributed by atoms with van der Waals surface area (Å²) in [5, 5.41) is 0. The number of imide groups is 1. The molecule has 4 amide bonds. The summed E-state index contributed by atoms with van der Waals surface area (Å²) < 4.78 is 16.2.